The molecular formula is C11H14FNO3. The van der Waals surface area contributed by atoms with Gasteiger partial charge >= 0.3 is 5.97 Å². The molecule has 0 bridgehead atoms. The Balaban J connectivity index is 2.75. The van der Waals surface area contributed by atoms with Crippen LogP contribution < -0.4 is 10.5 Å². The molecular weight excluding hydrogens is 213 g/mol. The third-order valence-electron chi connectivity index (χ3n) is 2.18. The number of halogens is 1. The van der Waals surface area contributed by atoms with E-state index in [1.807, 2.05) is 0 Å². The molecule has 1 aromatic rings. The predicted molar refractivity (Wildman–Crippen MR) is 56.6 cm³/mol. The summed E-state index contributed by atoms with van der Waals surface area (Å²) in [4.78, 5) is 11.1. The van der Waals surface area contributed by atoms with Crippen LogP contribution in [0.2, 0.25) is 0 Å². The van der Waals surface area contributed by atoms with Gasteiger partial charge in [-0.25, -0.2) is 4.39 Å². The summed E-state index contributed by atoms with van der Waals surface area (Å²) in [5.74, 6) is -0.830. The van der Waals surface area contributed by atoms with Gasteiger partial charge in [0.1, 0.15) is 6.04 Å². The Kier molecular flexibility index (Phi) is 4.25. The first-order valence-corrected chi connectivity index (χ1v) is 4.74. The number of rotatable bonds is 4. The Morgan fingerprint density at radius 1 is 1.50 bits per heavy atom. The van der Waals surface area contributed by atoms with Gasteiger partial charge in [-0.1, -0.05) is 6.07 Å². The van der Waals surface area contributed by atoms with Crippen LogP contribution in [0.1, 0.15) is 5.56 Å². The molecule has 0 saturated carbocycles. The fourth-order valence-electron chi connectivity index (χ4n) is 1.33. The predicted octanol–water partition coefficient (Wildman–Crippen LogP) is 0.877. The Hall–Kier alpha value is -1.62. The highest BCUT2D eigenvalue weighted by Crippen LogP contribution is 2.18. The molecule has 0 aromatic heterocycles. The molecule has 0 aliphatic rings. The van der Waals surface area contributed by atoms with Gasteiger partial charge in [0.25, 0.3) is 0 Å². The lowest BCUT2D eigenvalue weighted by atomic mass is 10.1. The quantitative estimate of drug-likeness (QED) is 0.775. The van der Waals surface area contributed by atoms with Crippen LogP contribution in [-0.2, 0) is 16.0 Å². The number of hydrogen-bond donors (Lipinski definition) is 1. The second-order valence-corrected chi connectivity index (χ2v) is 3.30. The minimum atomic E-state index is -0.780. The van der Waals surface area contributed by atoms with Crippen LogP contribution in [0.4, 0.5) is 4.39 Å². The van der Waals surface area contributed by atoms with Crippen molar-refractivity contribution in [2.75, 3.05) is 14.2 Å². The van der Waals surface area contributed by atoms with Gasteiger partial charge in [-0.05, 0) is 24.1 Å². The van der Waals surface area contributed by atoms with E-state index in [0.717, 1.165) is 0 Å². The van der Waals surface area contributed by atoms with Crippen molar-refractivity contribution in [3.63, 3.8) is 0 Å². The largest absolute Gasteiger partial charge is 0.494 e. The smallest absolute Gasteiger partial charge is 0.322 e. The number of nitrogens with two attached hydrogens (primary N) is 1. The van der Waals surface area contributed by atoms with Gasteiger partial charge in [-0.3, -0.25) is 4.79 Å². The summed E-state index contributed by atoms with van der Waals surface area (Å²) in [7, 11) is 2.65. The summed E-state index contributed by atoms with van der Waals surface area (Å²) in [5, 5.41) is 0. The Labute approximate surface area is 93.2 Å². The molecule has 16 heavy (non-hydrogen) atoms. The summed E-state index contributed by atoms with van der Waals surface area (Å²) in [5.41, 5.74) is 6.17. The monoisotopic (exact) mass is 227 g/mol. The van der Waals surface area contributed by atoms with E-state index in [1.54, 1.807) is 6.07 Å². The first-order valence-electron chi connectivity index (χ1n) is 4.74. The van der Waals surface area contributed by atoms with Gasteiger partial charge in [0, 0.05) is 0 Å². The maximum Gasteiger partial charge on any atom is 0.322 e. The fourth-order valence-corrected chi connectivity index (χ4v) is 1.33. The molecule has 0 aliphatic heterocycles. The molecule has 0 radical (unpaired) electrons. The molecule has 4 nitrogen and oxygen atoms in total. The number of hydrogen-bond acceptors (Lipinski definition) is 4. The molecule has 0 fully saturated rings. The van der Waals surface area contributed by atoms with Crippen LogP contribution >= 0.6 is 0 Å². The molecule has 5 heteroatoms. The zero-order valence-electron chi connectivity index (χ0n) is 9.20. The first-order chi connectivity index (χ1) is 7.58. The first kappa shape index (κ1) is 12.4. The zero-order chi connectivity index (χ0) is 12.1. The van der Waals surface area contributed by atoms with Gasteiger partial charge in [0.05, 0.1) is 14.2 Å². The van der Waals surface area contributed by atoms with E-state index in [2.05, 4.69) is 4.74 Å². The van der Waals surface area contributed by atoms with Crippen molar-refractivity contribution in [1.29, 1.82) is 0 Å². The minimum Gasteiger partial charge on any atom is -0.494 e. The molecule has 0 spiro atoms. The van der Waals surface area contributed by atoms with E-state index in [1.165, 1.54) is 26.4 Å². The van der Waals surface area contributed by atoms with Crippen molar-refractivity contribution in [3.8, 4) is 5.75 Å². The fraction of sp³-hybridized carbons (Fsp3) is 0.364. The summed E-state index contributed by atoms with van der Waals surface area (Å²) < 4.78 is 22.6. The third-order valence-corrected chi connectivity index (χ3v) is 2.18. The third kappa shape index (κ3) is 2.93. The lowest BCUT2D eigenvalue weighted by molar-refractivity contribution is -0.142. The molecule has 0 heterocycles. The molecule has 0 amide bonds. The molecule has 0 unspecified atom stereocenters. The Morgan fingerprint density at radius 3 is 2.69 bits per heavy atom. The van der Waals surface area contributed by atoms with Crippen LogP contribution in [-0.4, -0.2) is 26.2 Å². The number of carbonyl (C=O) groups excluding carboxylic acids is 1. The van der Waals surface area contributed by atoms with Gasteiger partial charge in [-0.2, -0.15) is 0 Å². The van der Waals surface area contributed by atoms with E-state index in [4.69, 9.17) is 10.5 Å². The van der Waals surface area contributed by atoms with Crippen LogP contribution in [0, 0.1) is 5.82 Å². The van der Waals surface area contributed by atoms with Crippen molar-refractivity contribution in [2.45, 2.75) is 12.5 Å². The van der Waals surface area contributed by atoms with Crippen molar-refractivity contribution >= 4 is 5.97 Å². The van der Waals surface area contributed by atoms with E-state index in [-0.39, 0.29) is 12.2 Å². The van der Waals surface area contributed by atoms with E-state index >= 15 is 0 Å². The number of esters is 1. The molecule has 1 rings (SSSR count). The highest BCUT2D eigenvalue weighted by molar-refractivity contribution is 5.75. The van der Waals surface area contributed by atoms with Crippen molar-refractivity contribution < 1.29 is 18.7 Å². The normalized spacial score (nSPS) is 12.0. The van der Waals surface area contributed by atoms with Crippen LogP contribution in [0.25, 0.3) is 0 Å². The van der Waals surface area contributed by atoms with E-state index in [9.17, 15) is 9.18 Å². The molecule has 1 atom stereocenters. The highest BCUT2D eigenvalue weighted by Gasteiger charge is 2.15. The van der Waals surface area contributed by atoms with Gasteiger partial charge < -0.3 is 15.2 Å². The molecule has 2 N–H and O–H groups in total. The SMILES string of the molecule is COC(=O)[C@@H](N)Cc1ccc(OC)c(F)c1. The van der Waals surface area contributed by atoms with Gasteiger partial charge in [-0.15, -0.1) is 0 Å². The van der Waals surface area contributed by atoms with Crippen molar-refractivity contribution in [3.05, 3.63) is 29.6 Å². The van der Waals surface area contributed by atoms with Crippen LogP contribution in [0.15, 0.2) is 18.2 Å². The van der Waals surface area contributed by atoms with E-state index < -0.39 is 17.8 Å². The van der Waals surface area contributed by atoms with Gasteiger partial charge in [0.15, 0.2) is 11.6 Å². The number of ether oxygens (including phenoxy) is 2. The lowest BCUT2D eigenvalue weighted by Crippen LogP contribution is -2.33. The summed E-state index contributed by atoms with van der Waals surface area (Å²) in [6, 6.07) is 3.67. The summed E-state index contributed by atoms with van der Waals surface area (Å²) >= 11 is 0. The second-order valence-electron chi connectivity index (χ2n) is 3.30. The topological polar surface area (TPSA) is 61.5 Å². The van der Waals surface area contributed by atoms with Crippen LogP contribution in [0.5, 0.6) is 5.75 Å². The maximum absolute atomic E-state index is 13.3. The maximum atomic E-state index is 13.3. The summed E-state index contributed by atoms with van der Waals surface area (Å²) in [6.07, 6.45) is 0.230. The Morgan fingerprint density at radius 2 is 2.19 bits per heavy atom. The minimum absolute atomic E-state index is 0.162. The second kappa shape index (κ2) is 5.46. The molecule has 0 saturated heterocycles. The number of methoxy groups -OCH3 is 2. The van der Waals surface area contributed by atoms with E-state index in [0.29, 0.717) is 5.56 Å². The lowest BCUT2D eigenvalue weighted by Gasteiger charge is -2.10. The standard InChI is InChI=1S/C11H14FNO3/c1-15-10-4-3-7(5-8(10)12)6-9(13)11(14)16-2/h3-5,9H,6,13H2,1-2H3/t9-/m0/s1. The summed E-state index contributed by atoms with van der Waals surface area (Å²) in [6.45, 7) is 0. The number of benzene rings is 1. The van der Waals surface area contributed by atoms with Crippen molar-refractivity contribution in [1.82, 2.24) is 0 Å². The molecule has 0 aliphatic carbocycles. The van der Waals surface area contributed by atoms with Crippen LogP contribution in [0.3, 0.4) is 0 Å². The average molecular weight is 227 g/mol. The zero-order valence-corrected chi connectivity index (χ0v) is 9.20. The molecule has 1 aromatic carbocycles. The average Bonchev–Trinajstić information content (AvgIpc) is 2.28. The molecule has 88 valence electrons. The van der Waals surface area contributed by atoms with Gasteiger partial charge in [0.2, 0.25) is 0 Å². The highest BCUT2D eigenvalue weighted by atomic mass is 19.1. The number of carbonyl (C=O) groups is 1. The van der Waals surface area contributed by atoms with Crippen molar-refractivity contribution in [2.24, 2.45) is 5.73 Å². The Bertz CT molecular complexity index is 381.